The number of anilines is 1. The third-order valence-electron chi connectivity index (χ3n) is 5.32. The van der Waals surface area contributed by atoms with E-state index < -0.39 is 0 Å². The Balaban J connectivity index is 1.53. The normalized spacial score (nSPS) is 17.1. The van der Waals surface area contributed by atoms with Crippen LogP contribution in [-0.2, 0) is 13.0 Å². The fourth-order valence-electron chi connectivity index (χ4n) is 4.00. The quantitative estimate of drug-likeness (QED) is 0.655. The summed E-state index contributed by atoms with van der Waals surface area (Å²) in [6, 6.07) is 6.25. The SMILES string of the molecule is CCCc1nc(C)cc(N2CCCC(c3nccn3Cc3ccncc3)C2)n1. The van der Waals surface area contributed by atoms with Crippen molar-refractivity contribution in [3.63, 3.8) is 0 Å². The van der Waals surface area contributed by atoms with Gasteiger partial charge in [0.25, 0.3) is 0 Å². The van der Waals surface area contributed by atoms with Crippen LogP contribution in [0.4, 0.5) is 5.82 Å². The second-order valence-corrected chi connectivity index (χ2v) is 7.59. The summed E-state index contributed by atoms with van der Waals surface area (Å²) >= 11 is 0. The zero-order valence-electron chi connectivity index (χ0n) is 16.8. The summed E-state index contributed by atoms with van der Waals surface area (Å²) in [5.41, 5.74) is 2.30. The Morgan fingerprint density at radius 3 is 2.82 bits per heavy atom. The number of hydrogen-bond acceptors (Lipinski definition) is 5. The predicted molar refractivity (Wildman–Crippen MR) is 111 cm³/mol. The van der Waals surface area contributed by atoms with E-state index in [1.165, 1.54) is 11.4 Å². The van der Waals surface area contributed by atoms with Crippen molar-refractivity contribution in [1.29, 1.82) is 0 Å². The Labute approximate surface area is 166 Å². The highest BCUT2D eigenvalue weighted by Crippen LogP contribution is 2.29. The van der Waals surface area contributed by atoms with E-state index in [-0.39, 0.29) is 0 Å². The third-order valence-corrected chi connectivity index (χ3v) is 5.32. The molecule has 0 aliphatic carbocycles. The predicted octanol–water partition coefficient (Wildman–Crippen LogP) is 3.76. The van der Waals surface area contributed by atoms with E-state index >= 15 is 0 Å². The summed E-state index contributed by atoms with van der Waals surface area (Å²) in [5, 5.41) is 0. The van der Waals surface area contributed by atoms with Crippen LogP contribution in [-0.4, -0.2) is 37.6 Å². The molecule has 0 bridgehead atoms. The van der Waals surface area contributed by atoms with Gasteiger partial charge in [-0.15, -0.1) is 0 Å². The first-order valence-corrected chi connectivity index (χ1v) is 10.2. The number of imidazole rings is 1. The van der Waals surface area contributed by atoms with E-state index in [0.717, 1.165) is 62.7 Å². The Morgan fingerprint density at radius 2 is 2.00 bits per heavy atom. The number of aromatic nitrogens is 5. The summed E-state index contributed by atoms with van der Waals surface area (Å²) in [7, 11) is 0. The molecule has 28 heavy (non-hydrogen) atoms. The molecule has 1 aliphatic heterocycles. The fourth-order valence-corrected chi connectivity index (χ4v) is 4.00. The first-order chi connectivity index (χ1) is 13.7. The van der Waals surface area contributed by atoms with Gasteiger partial charge in [-0.05, 0) is 43.9 Å². The number of rotatable bonds is 6. The van der Waals surface area contributed by atoms with Crippen molar-refractivity contribution in [3.8, 4) is 0 Å². The van der Waals surface area contributed by atoms with Gasteiger partial charge < -0.3 is 9.47 Å². The molecule has 0 spiro atoms. The molecule has 0 N–H and O–H groups in total. The summed E-state index contributed by atoms with van der Waals surface area (Å²) in [5.74, 6) is 3.60. The van der Waals surface area contributed by atoms with Crippen LogP contribution in [0.15, 0.2) is 43.0 Å². The maximum absolute atomic E-state index is 4.83. The minimum atomic E-state index is 0.412. The molecule has 0 radical (unpaired) electrons. The molecular formula is C22H28N6. The molecule has 1 saturated heterocycles. The molecule has 1 unspecified atom stereocenters. The molecule has 146 valence electrons. The second-order valence-electron chi connectivity index (χ2n) is 7.59. The largest absolute Gasteiger partial charge is 0.356 e. The van der Waals surface area contributed by atoms with Gasteiger partial charge in [-0.2, -0.15) is 0 Å². The van der Waals surface area contributed by atoms with E-state index in [4.69, 9.17) is 9.97 Å². The van der Waals surface area contributed by atoms with E-state index in [1.807, 2.05) is 18.6 Å². The van der Waals surface area contributed by atoms with Crippen molar-refractivity contribution in [1.82, 2.24) is 24.5 Å². The van der Waals surface area contributed by atoms with Crippen molar-refractivity contribution in [3.05, 3.63) is 65.9 Å². The molecule has 1 aliphatic rings. The van der Waals surface area contributed by atoms with E-state index in [9.17, 15) is 0 Å². The Bertz CT molecular complexity index is 904. The lowest BCUT2D eigenvalue weighted by molar-refractivity contribution is 0.473. The van der Waals surface area contributed by atoms with Gasteiger partial charge >= 0.3 is 0 Å². The maximum atomic E-state index is 4.83. The monoisotopic (exact) mass is 376 g/mol. The molecule has 3 aromatic rings. The number of hydrogen-bond donors (Lipinski definition) is 0. The van der Waals surface area contributed by atoms with Crippen LogP contribution in [0.5, 0.6) is 0 Å². The van der Waals surface area contributed by atoms with Crippen LogP contribution >= 0.6 is 0 Å². The molecule has 1 atom stereocenters. The number of nitrogens with zero attached hydrogens (tertiary/aromatic N) is 6. The smallest absolute Gasteiger partial charge is 0.132 e. The van der Waals surface area contributed by atoms with E-state index in [2.05, 4.69) is 57.7 Å². The average Bonchev–Trinajstić information content (AvgIpc) is 3.17. The molecular weight excluding hydrogens is 348 g/mol. The van der Waals surface area contributed by atoms with Crippen LogP contribution in [0.25, 0.3) is 0 Å². The van der Waals surface area contributed by atoms with Gasteiger partial charge in [0.2, 0.25) is 0 Å². The van der Waals surface area contributed by atoms with E-state index in [0.29, 0.717) is 5.92 Å². The lowest BCUT2D eigenvalue weighted by Gasteiger charge is -2.33. The Hall–Kier alpha value is -2.76. The Morgan fingerprint density at radius 1 is 1.14 bits per heavy atom. The van der Waals surface area contributed by atoms with Crippen LogP contribution in [0.2, 0.25) is 0 Å². The number of aryl methyl sites for hydroxylation is 2. The van der Waals surface area contributed by atoms with Gasteiger partial charge in [-0.1, -0.05) is 6.92 Å². The topological polar surface area (TPSA) is 59.7 Å². The van der Waals surface area contributed by atoms with Crippen LogP contribution in [0.1, 0.15) is 55.0 Å². The number of pyridine rings is 1. The molecule has 0 saturated carbocycles. The zero-order valence-corrected chi connectivity index (χ0v) is 16.8. The molecule has 1 fully saturated rings. The van der Waals surface area contributed by atoms with Crippen LogP contribution in [0.3, 0.4) is 0 Å². The molecule has 4 heterocycles. The second kappa shape index (κ2) is 8.50. The standard InChI is InChI=1S/C22H28N6/c1-3-5-20-25-17(2)14-21(26-20)27-12-4-6-19(16-27)22-24-11-13-28(22)15-18-7-9-23-10-8-18/h7-11,13-14,19H,3-6,12,15-16H2,1-2H3. The lowest BCUT2D eigenvalue weighted by Crippen LogP contribution is -2.36. The van der Waals surface area contributed by atoms with Crippen molar-refractivity contribution in [2.75, 3.05) is 18.0 Å². The molecule has 0 aromatic carbocycles. The lowest BCUT2D eigenvalue weighted by atomic mass is 9.97. The van der Waals surface area contributed by atoms with Gasteiger partial charge in [0, 0.05) is 68.5 Å². The summed E-state index contributed by atoms with van der Waals surface area (Å²) < 4.78 is 2.28. The first kappa shape index (κ1) is 18.6. The highest BCUT2D eigenvalue weighted by Gasteiger charge is 2.26. The highest BCUT2D eigenvalue weighted by atomic mass is 15.2. The summed E-state index contributed by atoms with van der Waals surface area (Å²) in [6.45, 7) is 7.07. The molecule has 3 aromatic heterocycles. The highest BCUT2D eigenvalue weighted by molar-refractivity contribution is 5.41. The molecule has 6 heteroatoms. The summed E-state index contributed by atoms with van der Waals surface area (Å²) in [4.78, 5) is 20.7. The zero-order chi connectivity index (χ0) is 19.3. The van der Waals surface area contributed by atoms with Crippen LogP contribution < -0.4 is 4.90 Å². The van der Waals surface area contributed by atoms with E-state index in [1.54, 1.807) is 0 Å². The van der Waals surface area contributed by atoms with Gasteiger partial charge in [-0.3, -0.25) is 4.98 Å². The van der Waals surface area contributed by atoms with Gasteiger partial charge in [0.05, 0.1) is 0 Å². The van der Waals surface area contributed by atoms with Gasteiger partial charge in [-0.25, -0.2) is 15.0 Å². The molecule has 4 rings (SSSR count). The Kier molecular flexibility index (Phi) is 5.65. The fraction of sp³-hybridized carbons (Fsp3) is 0.455. The first-order valence-electron chi connectivity index (χ1n) is 10.2. The molecule has 0 amide bonds. The summed E-state index contributed by atoms with van der Waals surface area (Å²) in [6.07, 6.45) is 12.0. The van der Waals surface area contributed by atoms with Crippen LogP contribution in [0, 0.1) is 6.92 Å². The van der Waals surface area contributed by atoms with Crippen molar-refractivity contribution in [2.24, 2.45) is 0 Å². The minimum Gasteiger partial charge on any atom is -0.356 e. The van der Waals surface area contributed by atoms with Gasteiger partial charge in [0.1, 0.15) is 17.5 Å². The third kappa shape index (κ3) is 4.21. The van der Waals surface area contributed by atoms with Crippen molar-refractivity contribution < 1.29 is 0 Å². The van der Waals surface area contributed by atoms with Crippen molar-refractivity contribution >= 4 is 5.82 Å². The van der Waals surface area contributed by atoms with Gasteiger partial charge in [0.15, 0.2) is 0 Å². The number of piperidine rings is 1. The van der Waals surface area contributed by atoms with Crippen molar-refractivity contribution in [2.45, 2.75) is 52.0 Å². The maximum Gasteiger partial charge on any atom is 0.132 e. The minimum absolute atomic E-state index is 0.412. The average molecular weight is 377 g/mol. The molecule has 6 nitrogen and oxygen atoms in total.